The van der Waals surface area contributed by atoms with Gasteiger partial charge in [0.2, 0.25) is 0 Å². The van der Waals surface area contributed by atoms with Crippen LogP contribution in [0, 0.1) is 0 Å². The highest BCUT2D eigenvalue weighted by atomic mass is 16.5. The minimum atomic E-state index is -0.602. The van der Waals surface area contributed by atoms with Gasteiger partial charge in [0, 0.05) is 51.7 Å². The number of methoxy groups -OCH3 is 2. The molecule has 12 nitrogen and oxygen atoms in total. The van der Waals surface area contributed by atoms with Gasteiger partial charge in [-0.1, -0.05) is 0 Å². The zero-order valence-electron chi connectivity index (χ0n) is 21.7. The van der Waals surface area contributed by atoms with Crippen molar-refractivity contribution in [3.63, 3.8) is 0 Å². The minimum Gasteiger partial charge on any atom is -0.493 e. The average Bonchev–Trinajstić information content (AvgIpc) is 3.59. The van der Waals surface area contributed by atoms with Crippen molar-refractivity contribution < 1.29 is 9.47 Å². The summed E-state index contributed by atoms with van der Waals surface area (Å²) in [5.41, 5.74) is -0.705. The number of rotatable bonds is 5. The van der Waals surface area contributed by atoms with Gasteiger partial charge in [-0.25, -0.2) is 9.59 Å². The monoisotopic (exact) mass is 518 g/mol. The molecule has 196 valence electrons. The highest BCUT2D eigenvalue weighted by Crippen LogP contribution is 2.40. The van der Waals surface area contributed by atoms with Gasteiger partial charge in [-0.05, 0) is 30.3 Å². The van der Waals surface area contributed by atoms with Gasteiger partial charge in [0.25, 0.3) is 11.1 Å². The normalized spacial score (nSPS) is 11.3. The Morgan fingerprint density at radius 3 is 1.95 bits per heavy atom. The molecule has 0 aliphatic rings. The highest BCUT2D eigenvalue weighted by Gasteiger charge is 2.28. The van der Waals surface area contributed by atoms with Gasteiger partial charge in [-0.15, -0.1) is 0 Å². The van der Waals surface area contributed by atoms with Crippen LogP contribution in [0.3, 0.4) is 0 Å². The standard InChI is InChI=1S/C26H26N6O6/c1-28-21-18(23(33)30(3)25(28)35)17(20(27-21)14-9-10-15(37-5)16(13-14)38-6)19-22(32-11-7-8-12-32)29(2)26(36)31(4)24(19)34/h7-13,27H,1-6H3. The summed E-state index contributed by atoms with van der Waals surface area (Å²) in [6.07, 6.45) is 3.41. The zero-order valence-corrected chi connectivity index (χ0v) is 21.7. The SMILES string of the molecule is COc1ccc(-c2[nH]c3c(c2-c2c(-n4cccc4)n(C)c(=O)n(C)c2=O)c(=O)n(C)c(=O)n3C)cc1OC. The molecule has 5 rings (SSSR count). The van der Waals surface area contributed by atoms with Crippen molar-refractivity contribution in [2.45, 2.75) is 0 Å². The number of nitrogens with zero attached hydrogens (tertiary/aromatic N) is 5. The first kappa shape index (κ1) is 24.7. The van der Waals surface area contributed by atoms with E-state index in [1.54, 1.807) is 54.3 Å². The van der Waals surface area contributed by atoms with Crippen LogP contribution in [0.25, 0.3) is 39.2 Å². The van der Waals surface area contributed by atoms with E-state index >= 15 is 0 Å². The van der Waals surface area contributed by atoms with Gasteiger partial charge in [-0.3, -0.25) is 27.9 Å². The van der Waals surface area contributed by atoms with Crippen molar-refractivity contribution in [3.05, 3.63) is 84.4 Å². The van der Waals surface area contributed by atoms with E-state index in [1.165, 1.54) is 44.5 Å². The molecule has 12 heteroatoms. The van der Waals surface area contributed by atoms with Gasteiger partial charge in [0.15, 0.2) is 11.5 Å². The van der Waals surface area contributed by atoms with Gasteiger partial charge >= 0.3 is 11.4 Å². The van der Waals surface area contributed by atoms with Crippen molar-refractivity contribution in [3.8, 4) is 39.7 Å². The quantitative estimate of drug-likeness (QED) is 0.371. The summed E-state index contributed by atoms with van der Waals surface area (Å²) < 4.78 is 17.1. The third-order valence-electron chi connectivity index (χ3n) is 6.81. The first-order valence-corrected chi connectivity index (χ1v) is 11.6. The lowest BCUT2D eigenvalue weighted by molar-refractivity contribution is 0.355. The molecule has 0 unspecified atom stereocenters. The maximum absolute atomic E-state index is 13.9. The summed E-state index contributed by atoms with van der Waals surface area (Å²) in [6.45, 7) is 0. The summed E-state index contributed by atoms with van der Waals surface area (Å²) in [5, 5.41) is 0.128. The Morgan fingerprint density at radius 2 is 1.32 bits per heavy atom. The summed E-state index contributed by atoms with van der Waals surface area (Å²) in [5.74, 6) is 1.18. The first-order valence-electron chi connectivity index (χ1n) is 11.6. The molecule has 4 heterocycles. The molecular weight excluding hydrogens is 492 g/mol. The van der Waals surface area contributed by atoms with E-state index in [1.807, 2.05) is 0 Å². The third-order valence-corrected chi connectivity index (χ3v) is 6.81. The third kappa shape index (κ3) is 3.37. The van der Waals surface area contributed by atoms with E-state index in [4.69, 9.17) is 9.47 Å². The van der Waals surface area contributed by atoms with E-state index in [0.29, 0.717) is 22.8 Å². The molecule has 5 aromatic rings. The molecule has 0 spiro atoms. The first-order chi connectivity index (χ1) is 18.1. The number of H-pyrrole nitrogens is 1. The molecule has 4 aromatic heterocycles. The van der Waals surface area contributed by atoms with Gasteiger partial charge in [-0.2, -0.15) is 0 Å². The second-order valence-electron chi connectivity index (χ2n) is 8.87. The number of nitrogens with one attached hydrogen (secondary N) is 1. The highest BCUT2D eigenvalue weighted by molar-refractivity contribution is 6.03. The molecule has 0 saturated heterocycles. The van der Waals surface area contributed by atoms with E-state index in [9.17, 15) is 19.2 Å². The van der Waals surface area contributed by atoms with Crippen LogP contribution < -0.4 is 32.0 Å². The molecule has 1 N–H and O–H groups in total. The average molecular weight is 519 g/mol. The van der Waals surface area contributed by atoms with Crippen molar-refractivity contribution >= 4 is 11.0 Å². The molecule has 0 fully saturated rings. The maximum Gasteiger partial charge on any atom is 0.332 e. The molecule has 1 aromatic carbocycles. The molecule has 0 aliphatic carbocycles. The van der Waals surface area contributed by atoms with Crippen LogP contribution in [0.4, 0.5) is 0 Å². The van der Waals surface area contributed by atoms with Crippen molar-refractivity contribution in [2.24, 2.45) is 28.2 Å². The van der Waals surface area contributed by atoms with Crippen LogP contribution in [0.1, 0.15) is 0 Å². The molecule has 0 bridgehead atoms. The summed E-state index contributed by atoms with van der Waals surface area (Å²) in [6, 6.07) is 8.68. The Balaban J connectivity index is 2.07. The lowest BCUT2D eigenvalue weighted by Gasteiger charge is -2.17. The molecule has 0 aliphatic heterocycles. The van der Waals surface area contributed by atoms with E-state index in [0.717, 1.165) is 9.13 Å². The number of aromatic amines is 1. The number of benzene rings is 1. The Bertz CT molecular complexity index is 1970. The van der Waals surface area contributed by atoms with E-state index < -0.39 is 22.5 Å². The second kappa shape index (κ2) is 8.83. The Hall–Kier alpha value is -5.00. The number of aromatic nitrogens is 6. The molecule has 0 radical (unpaired) electrons. The topological polar surface area (TPSA) is 127 Å². The number of hydrogen-bond donors (Lipinski definition) is 1. The van der Waals surface area contributed by atoms with Crippen LogP contribution in [-0.2, 0) is 28.2 Å². The van der Waals surface area contributed by atoms with Gasteiger partial charge in [0.05, 0.1) is 30.9 Å². The predicted molar refractivity (Wildman–Crippen MR) is 143 cm³/mol. The van der Waals surface area contributed by atoms with Crippen molar-refractivity contribution in [1.82, 2.24) is 27.8 Å². The summed E-state index contributed by atoms with van der Waals surface area (Å²) >= 11 is 0. The zero-order chi connectivity index (χ0) is 27.5. The molecular formula is C26H26N6O6. The molecule has 0 saturated carbocycles. The van der Waals surface area contributed by atoms with Crippen LogP contribution in [0.15, 0.2) is 61.9 Å². The fourth-order valence-electron chi connectivity index (χ4n) is 4.81. The Labute approximate surface area is 215 Å². The van der Waals surface area contributed by atoms with E-state index in [-0.39, 0.29) is 28.0 Å². The molecule has 38 heavy (non-hydrogen) atoms. The van der Waals surface area contributed by atoms with Crippen molar-refractivity contribution in [2.75, 3.05) is 14.2 Å². The summed E-state index contributed by atoms with van der Waals surface area (Å²) in [4.78, 5) is 56.5. The Morgan fingerprint density at radius 1 is 0.711 bits per heavy atom. The van der Waals surface area contributed by atoms with Gasteiger partial charge < -0.3 is 19.0 Å². The van der Waals surface area contributed by atoms with Crippen LogP contribution >= 0.6 is 0 Å². The largest absolute Gasteiger partial charge is 0.493 e. The Kier molecular flexibility index (Phi) is 5.74. The number of fused-ring (bicyclic) bond motifs is 1. The fraction of sp³-hybridized carbons (Fsp3) is 0.231. The predicted octanol–water partition coefficient (Wildman–Crippen LogP) is 1.10. The lowest BCUT2D eigenvalue weighted by Crippen LogP contribution is -2.40. The number of ether oxygens (including phenoxy) is 2. The van der Waals surface area contributed by atoms with Crippen LogP contribution in [0.2, 0.25) is 0 Å². The fourth-order valence-corrected chi connectivity index (χ4v) is 4.81. The maximum atomic E-state index is 13.9. The summed E-state index contributed by atoms with van der Waals surface area (Å²) in [7, 11) is 8.87. The molecule has 0 amide bonds. The van der Waals surface area contributed by atoms with E-state index in [2.05, 4.69) is 4.98 Å². The van der Waals surface area contributed by atoms with Gasteiger partial charge in [0.1, 0.15) is 11.5 Å². The van der Waals surface area contributed by atoms with Crippen molar-refractivity contribution in [1.29, 1.82) is 0 Å². The van der Waals surface area contributed by atoms with Crippen LogP contribution in [0.5, 0.6) is 11.5 Å². The van der Waals surface area contributed by atoms with Crippen LogP contribution in [-0.4, -0.2) is 42.0 Å². The molecule has 0 atom stereocenters. The smallest absolute Gasteiger partial charge is 0.332 e. The lowest BCUT2D eigenvalue weighted by atomic mass is 9.99. The number of aryl methyl sites for hydroxylation is 1. The number of hydrogen-bond acceptors (Lipinski definition) is 6. The second-order valence-corrected chi connectivity index (χ2v) is 8.87. The minimum absolute atomic E-state index is 0.109.